The molecule has 0 aliphatic heterocycles. The quantitative estimate of drug-likeness (QED) is 0.105. The molecule has 0 saturated heterocycles. The Kier molecular flexibility index (Phi) is 23.8. The van der Waals surface area contributed by atoms with Gasteiger partial charge in [-0.05, 0) is 440 Å². The second kappa shape index (κ2) is 33.1. The number of hydrogen-bond donors (Lipinski definition) is 4. The topological polar surface area (TPSA) is 201 Å². The van der Waals surface area contributed by atoms with E-state index in [1.165, 1.54) is 160 Å². The minimum Gasteiger partial charge on any atom is -0.390 e. The van der Waals surface area contributed by atoms with Crippen LogP contribution in [0, 0.1) is 164 Å². The Bertz CT molecular complexity index is 3550. The van der Waals surface area contributed by atoms with E-state index < -0.39 is 22.4 Å². The van der Waals surface area contributed by atoms with Gasteiger partial charge in [-0.2, -0.15) is 0 Å². The van der Waals surface area contributed by atoms with Gasteiger partial charge < -0.3 is 20.4 Å². The van der Waals surface area contributed by atoms with Crippen molar-refractivity contribution in [1.29, 1.82) is 0 Å². The lowest BCUT2D eigenvalue weighted by Gasteiger charge is -2.56. The first-order valence-corrected chi connectivity index (χ1v) is 48.1. The van der Waals surface area contributed by atoms with Crippen molar-refractivity contribution in [2.75, 3.05) is 0 Å². The molecule has 4 aromatic rings. The molecular formula is C104H148N4O8. The Morgan fingerprint density at radius 2 is 0.586 bits per heavy atom. The van der Waals surface area contributed by atoms with Gasteiger partial charge in [0.1, 0.15) is 29.0 Å². The number of rotatable bonds is 12. The maximum absolute atomic E-state index is 13.3. The van der Waals surface area contributed by atoms with Gasteiger partial charge >= 0.3 is 0 Å². The number of fused-ring (bicyclic) bond motifs is 20. The standard InChI is InChI=1S/C27H38O2.2C26H37NO2.C25H36N2O2/c1-26(29)14-12-20-19(17-26)8-9-22-21(20)13-15-27(2)23(22)10-11-24(27)25(28)16-18-6-4-3-5-7-18;1-25(29)11-7-19-18(16-25)3-4-21-20(19)8-12-26(2)22(21)5-6-23(26)24(28)15-17-9-13-27-14-10-17;1-25(29)12-10-19-17(16-25)6-7-21-20(19)11-13-26(2)22(21)8-9-23(26)24(28)15-18-5-3-4-14-27-18;1-24(29)10-8-17-16(15-24)4-5-19-18(17)9-11-25(2)20(19)6-7-21(25)22(28)14-23-26-12-3-13-27-23/h3-7,19-24,29H,8-17H2,1-2H3;9-10,13-14,18-23,29H,3-8,11-12,15-16H2,1-2H3;3-5,14,17,19-23,29H,6-13,15-16H2,1-2H3;3,12-13,16-21,29H,4-11,14-15H2,1-2H3/t19-,20+,21-,22-,23+,24-,26-,27+;18-,19+,20-,21-,22+,23-,25-,26+;17-,19+,20-,21-,22+,23-,25-,26+;16-,17+,18-,19-,20+,21-,24-,25+/m1111/s1. The average molecular weight is 1580 g/mol. The summed E-state index contributed by atoms with van der Waals surface area (Å²) in [5, 5.41) is 42.3. The van der Waals surface area contributed by atoms with Gasteiger partial charge in [0.2, 0.25) is 0 Å². The van der Waals surface area contributed by atoms with E-state index in [4.69, 9.17) is 0 Å². The lowest BCUT2D eigenvalue weighted by Crippen LogP contribution is -2.51. The molecule has 0 amide bonds. The average Bonchev–Trinajstić information content (AvgIpc) is 1.52. The number of nitrogens with zero attached hydrogens (tertiary/aromatic N) is 4. The second-order valence-corrected chi connectivity index (χ2v) is 45.3. The van der Waals surface area contributed by atoms with Crippen LogP contribution >= 0.6 is 0 Å². The van der Waals surface area contributed by atoms with Gasteiger partial charge in [0.25, 0.3) is 0 Å². The van der Waals surface area contributed by atoms with E-state index in [2.05, 4.69) is 59.8 Å². The number of pyridine rings is 2. The third-order valence-corrected chi connectivity index (χ3v) is 38.9. The van der Waals surface area contributed by atoms with E-state index in [0.717, 1.165) is 201 Å². The monoisotopic (exact) mass is 1580 g/mol. The van der Waals surface area contributed by atoms with Gasteiger partial charge in [-0.3, -0.25) is 29.1 Å². The Labute approximate surface area is 697 Å². The van der Waals surface area contributed by atoms with E-state index in [1.807, 2.05) is 82.3 Å². The zero-order valence-electron chi connectivity index (χ0n) is 72.6. The predicted molar refractivity (Wildman–Crippen MR) is 457 cm³/mol. The van der Waals surface area contributed by atoms with Crippen molar-refractivity contribution in [2.24, 2.45) is 164 Å². The number of aromatic nitrogens is 4. The van der Waals surface area contributed by atoms with Crippen LogP contribution in [0.2, 0.25) is 0 Å². The summed E-state index contributed by atoms with van der Waals surface area (Å²) in [6.07, 6.45) is 53.6. The third-order valence-electron chi connectivity index (χ3n) is 38.9. The van der Waals surface area contributed by atoms with Gasteiger partial charge in [0.15, 0.2) is 0 Å². The molecule has 0 unspecified atom stereocenters. The van der Waals surface area contributed by atoms with Crippen molar-refractivity contribution in [2.45, 2.75) is 335 Å². The zero-order valence-corrected chi connectivity index (χ0v) is 72.6. The van der Waals surface area contributed by atoms with Crippen molar-refractivity contribution in [3.8, 4) is 0 Å². The summed E-state index contributed by atoms with van der Waals surface area (Å²) in [6, 6.07) is 22.0. The minimum atomic E-state index is -0.443. The molecule has 16 aliphatic carbocycles. The van der Waals surface area contributed by atoms with Gasteiger partial charge in [0.05, 0.1) is 28.8 Å². The fourth-order valence-electron chi connectivity index (χ4n) is 33.7. The molecule has 1 aromatic carbocycles. The molecule has 32 atom stereocenters. The summed E-state index contributed by atoms with van der Waals surface area (Å²) in [7, 11) is 0. The Morgan fingerprint density at radius 1 is 0.284 bits per heavy atom. The molecule has 12 heteroatoms. The summed E-state index contributed by atoms with van der Waals surface area (Å²) in [5.74, 6) is 19.0. The molecule has 116 heavy (non-hydrogen) atoms. The molecule has 632 valence electrons. The van der Waals surface area contributed by atoms with E-state index >= 15 is 0 Å². The SMILES string of the molecule is C[C@@]1(O)CC[C@H]2[C@H](CC[C@@H]3[C@@H]2CC[C@]2(C)[C@@H](C(=O)Cc4ccccc4)CC[C@@H]32)C1.C[C@@]1(O)CC[C@H]2[C@H](CC[C@@H]3[C@@H]2CC[C@]2(C)[C@@H](C(=O)Cc4ccccn4)CC[C@@H]32)C1.C[C@@]1(O)CC[C@H]2[C@H](CC[C@@H]3[C@@H]2CC[C@]2(C)[C@@H](C(=O)Cc4ccncc4)CC[C@@H]32)C1.C[C@@]1(O)CC[C@H]2[C@H](CC[C@@H]3[C@@H]2CC[C@]2(C)[C@@H](C(=O)Cc4ncccn4)CC[C@@H]32)C1. The fourth-order valence-corrected chi connectivity index (χ4v) is 33.7. The van der Waals surface area contributed by atoms with Crippen molar-refractivity contribution < 1.29 is 39.6 Å². The number of Topliss-reactive ketones (excluding diaryl/α,β-unsaturated/α-hetero) is 4. The van der Waals surface area contributed by atoms with Crippen LogP contribution in [0.3, 0.4) is 0 Å². The molecule has 12 nitrogen and oxygen atoms in total. The third kappa shape index (κ3) is 16.4. The summed E-state index contributed by atoms with van der Waals surface area (Å²) in [5.41, 5.74) is 2.25. The first-order valence-electron chi connectivity index (χ1n) is 48.1. The van der Waals surface area contributed by atoms with Gasteiger partial charge in [0, 0.05) is 79.6 Å². The van der Waals surface area contributed by atoms with Crippen LogP contribution in [0.4, 0.5) is 0 Å². The van der Waals surface area contributed by atoms with Crippen LogP contribution in [0.15, 0.2) is 97.7 Å². The largest absolute Gasteiger partial charge is 0.390 e. The molecule has 0 radical (unpaired) electrons. The smallest absolute Gasteiger partial charge is 0.144 e. The van der Waals surface area contributed by atoms with E-state index in [1.54, 1.807) is 31.0 Å². The summed E-state index contributed by atoms with van der Waals surface area (Å²) in [4.78, 5) is 70.1. The van der Waals surface area contributed by atoms with Crippen LogP contribution in [0.25, 0.3) is 0 Å². The zero-order chi connectivity index (χ0) is 80.9. The number of carbonyl (C=O) groups is 4. The van der Waals surface area contributed by atoms with Crippen molar-refractivity contribution in [1.82, 2.24) is 19.9 Å². The van der Waals surface area contributed by atoms with Crippen molar-refractivity contribution in [3.05, 3.63) is 120 Å². The Balaban J connectivity index is 0.000000111. The first kappa shape index (κ1) is 83.4. The number of benzene rings is 1. The molecular weight excluding hydrogens is 1430 g/mol. The Morgan fingerprint density at radius 3 is 0.922 bits per heavy atom. The van der Waals surface area contributed by atoms with E-state index in [9.17, 15) is 39.6 Å². The molecule has 20 rings (SSSR count). The fraction of sp³-hybridized carbons (Fsp3) is 0.769. The maximum Gasteiger partial charge on any atom is 0.144 e. The lowest BCUT2D eigenvalue weighted by molar-refractivity contribution is -0.132. The molecule has 3 aromatic heterocycles. The highest BCUT2D eigenvalue weighted by atomic mass is 16.3. The number of ketones is 4. The molecule has 16 aliphatic rings. The summed E-state index contributed by atoms with van der Waals surface area (Å²) >= 11 is 0. The normalized spacial score (nSPS) is 46.4. The lowest BCUT2D eigenvalue weighted by atomic mass is 9.49. The summed E-state index contributed by atoms with van der Waals surface area (Å²) < 4.78 is 0. The molecule has 4 N–H and O–H groups in total. The minimum absolute atomic E-state index is 0.167. The van der Waals surface area contributed by atoms with E-state index in [0.29, 0.717) is 60.6 Å². The predicted octanol–water partition coefficient (Wildman–Crippen LogP) is 20.9. The molecule has 0 bridgehead atoms. The van der Waals surface area contributed by atoms with Crippen LogP contribution in [0.1, 0.15) is 309 Å². The van der Waals surface area contributed by atoms with Crippen LogP contribution < -0.4 is 0 Å². The Hall–Kier alpha value is -4.88. The van der Waals surface area contributed by atoms with Crippen LogP contribution in [0.5, 0.6) is 0 Å². The van der Waals surface area contributed by atoms with Gasteiger partial charge in [-0.15, -0.1) is 0 Å². The van der Waals surface area contributed by atoms with Gasteiger partial charge in [-0.25, -0.2) is 9.97 Å². The van der Waals surface area contributed by atoms with Crippen molar-refractivity contribution >= 4 is 23.1 Å². The second-order valence-electron chi connectivity index (χ2n) is 45.3. The first-order chi connectivity index (χ1) is 55.5. The molecule has 3 heterocycles. The highest BCUT2D eigenvalue weighted by molar-refractivity contribution is 5.86. The van der Waals surface area contributed by atoms with Crippen LogP contribution in [-0.2, 0) is 44.9 Å². The molecule has 16 saturated carbocycles. The van der Waals surface area contributed by atoms with Crippen LogP contribution in [-0.4, -0.2) is 85.9 Å². The highest BCUT2D eigenvalue weighted by Gasteiger charge is 2.64. The number of carbonyl (C=O) groups excluding carboxylic acids is 4. The summed E-state index contributed by atoms with van der Waals surface area (Å²) in [6.45, 7) is 18.0. The van der Waals surface area contributed by atoms with Gasteiger partial charge in [-0.1, -0.05) is 64.1 Å². The number of aliphatic hydroxyl groups is 4. The highest BCUT2D eigenvalue weighted by Crippen LogP contribution is 2.70. The molecule has 16 fully saturated rings. The van der Waals surface area contributed by atoms with Crippen molar-refractivity contribution in [3.63, 3.8) is 0 Å². The molecule has 0 spiro atoms. The maximum atomic E-state index is 13.3. The number of hydrogen-bond acceptors (Lipinski definition) is 12. The van der Waals surface area contributed by atoms with E-state index in [-0.39, 0.29) is 45.3 Å².